The number of aliphatic hydroxyl groups is 1. The summed E-state index contributed by atoms with van der Waals surface area (Å²) in [5.74, 6) is 1.59. The van der Waals surface area contributed by atoms with E-state index in [0.29, 0.717) is 11.8 Å². The van der Waals surface area contributed by atoms with Gasteiger partial charge in [-0.05, 0) is 36.0 Å². The van der Waals surface area contributed by atoms with Crippen LogP contribution >= 0.6 is 0 Å². The van der Waals surface area contributed by atoms with E-state index in [9.17, 15) is 5.11 Å². The zero-order chi connectivity index (χ0) is 11.3. The van der Waals surface area contributed by atoms with E-state index in [0.717, 1.165) is 12.2 Å². The Bertz CT molecular complexity index is 296. The fourth-order valence-corrected chi connectivity index (χ4v) is 1.97. The Hall–Kier alpha value is -1.02. The lowest BCUT2D eigenvalue weighted by molar-refractivity contribution is 0.213. The van der Waals surface area contributed by atoms with Crippen LogP contribution in [0.4, 0.5) is 0 Å². The largest absolute Gasteiger partial charge is 0.497 e. The summed E-state index contributed by atoms with van der Waals surface area (Å²) in [5.41, 5.74) is 1.25. The summed E-state index contributed by atoms with van der Waals surface area (Å²) in [6, 6.07) is 8.10. The lowest BCUT2D eigenvalue weighted by Gasteiger charge is -2.21. The van der Waals surface area contributed by atoms with Gasteiger partial charge in [0.15, 0.2) is 0 Å². The molecule has 0 saturated heterocycles. The van der Waals surface area contributed by atoms with E-state index in [1.54, 1.807) is 7.11 Å². The monoisotopic (exact) mass is 208 g/mol. The topological polar surface area (TPSA) is 29.5 Å². The molecule has 0 radical (unpaired) electrons. The first-order valence-corrected chi connectivity index (χ1v) is 5.47. The average Bonchev–Trinajstić information content (AvgIpc) is 2.30. The summed E-state index contributed by atoms with van der Waals surface area (Å²) >= 11 is 0. The molecule has 1 rings (SSSR count). The molecule has 1 aromatic rings. The van der Waals surface area contributed by atoms with Crippen LogP contribution in [0.5, 0.6) is 5.75 Å². The molecule has 84 valence electrons. The van der Waals surface area contributed by atoms with E-state index in [2.05, 4.69) is 26.0 Å². The van der Waals surface area contributed by atoms with E-state index in [4.69, 9.17) is 4.74 Å². The third-order valence-electron chi connectivity index (χ3n) is 2.94. The highest BCUT2D eigenvalue weighted by Crippen LogP contribution is 2.29. The molecule has 0 aromatic heterocycles. The first-order valence-electron chi connectivity index (χ1n) is 5.47. The van der Waals surface area contributed by atoms with E-state index < -0.39 is 0 Å². The van der Waals surface area contributed by atoms with E-state index in [1.165, 1.54) is 5.56 Å². The number of aliphatic hydroxyl groups excluding tert-OH is 1. The van der Waals surface area contributed by atoms with Crippen LogP contribution in [-0.2, 0) is 0 Å². The first kappa shape index (κ1) is 12.1. The third-order valence-corrected chi connectivity index (χ3v) is 2.94. The Kier molecular flexibility index (Phi) is 4.63. The Morgan fingerprint density at radius 3 is 2.67 bits per heavy atom. The van der Waals surface area contributed by atoms with Gasteiger partial charge in [-0.2, -0.15) is 0 Å². The van der Waals surface area contributed by atoms with E-state index >= 15 is 0 Å². The van der Waals surface area contributed by atoms with Gasteiger partial charge >= 0.3 is 0 Å². The molecule has 0 saturated carbocycles. The molecule has 2 unspecified atom stereocenters. The van der Waals surface area contributed by atoms with Crippen LogP contribution in [0.25, 0.3) is 0 Å². The van der Waals surface area contributed by atoms with E-state index in [-0.39, 0.29) is 6.61 Å². The van der Waals surface area contributed by atoms with Crippen molar-refractivity contribution in [1.29, 1.82) is 0 Å². The molecule has 1 aromatic carbocycles. The average molecular weight is 208 g/mol. The van der Waals surface area contributed by atoms with Crippen molar-refractivity contribution in [3.05, 3.63) is 29.8 Å². The zero-order valence-corrected chi connectivity index (χ0v) is 9.73. The molecule has 0 aliphatic rings. The molecule has 0 bridgehead atoms. The molecule has 0 spiro atoms. The van der Waals surface area contributed by atoms with Gasteiger partial charge in [-0.25, -0.2) is 0 Å². The van der Waals surface area contributed by atoms with Crippen molar-refractivity contribution in [2.45, 2.75) is 26.2 Å². The molecule has 15 heavy (non-hydrogen) atoms. The van der Waals surface area contributed by atoms with Crippen LogP contribution < -0.4 is 4.74 Å². The Morgan fingerprint density at radius 2 is 2.13 bits per heavy atom. The molecular formula is C13H20O2. The number of benzene rings is 1. The van der Waals surface area contributed by atoms with Crippen LogP contribution in [0.1, 0.15) is 31.7 Å². The molecule has 0 heterocycles. The molecule has 0 amide bonds. The Morgan fingerprint density at radius 1 is 1.40 bits per heavy atom. The Labute approximate surface area is 91.9 Å². The Balaban J connectivity index is 2.91. The van der Waals surface area contributed by atoms with Crippen molar-refractivity contribution >= 4 is 0 Å². The van der Waals surface area contributed by atoms with Crippen molar-refractivity contribution in [3.63, 3.8) is 0 Å². The summed E-state index contributed by atoms with van der Waals surface area (Å²) in [6.07, 6.45) is 1.04. The van der Waals surface area contributed by atoms with Gasteiger partial charge in [-0.15, -0.1) is 0 Å². The van der Waals surface area contributed by atoms with Gasteiger partial charge in [0.2, 0.25) is 0 Å². The van der Waals surface area contributed by atoms with Gasteiger partial charge in [-0.1, -0.05) is 26.0 Å². The summed E-state index contributed by atoms with van der Waals surface area (Å²) in [7, 11) is 1.68. The third kappa shape index (κ3) is 2.96. The molecular weight excluding hydrogens is 188 g/mol. The maximum atomic E-state index is 9.19. The van der Waals surface area contributed by atoms with Gasteiger partial charge in [0.1, 0.15) is 5.75 Å². The number of hydrogen-bond acceptors (Lipinski definition) is 2. The normalized spacial score (nSPS) is 14.7. The summed E-state index contributed by atoms with van der Waals surface area (Å²) in [4.78, 5) is 0. The second-order valence-corrected chi connectivity index (χ2v) is 3.95. The summed E-state index contributed by atoms with van der Waals surface area (Å²) in [6.45, 7) is 4.46. The van der Waals surface area contributed by atoms with Crippen LogP contribution in [0, 0.1) is 5.92 Å². The SMILES string of the molecule is CCC(c1cccc(OC)c1)C(C)CO. The molecule has 1 N–H and O–H groups in total. The van der Waals surface area contributed by atoms with E-state index in [1.807, 2.05) is 12.1 Å². The van der Waals surface area contributed by atoms with Crippen LogP contribution in [0.2, 0.25) is 0 Å². The van der Waals surface area contributed by atoms with Crippen molar-refractivity contribution < 1.29 is 9.84 Å². The second kappa shape index (κ2) is 5.76. The van der Waals surface area contributed by atoms with Crippen LogP contribution in [0.15, 0.2) is 24.3 Å². The minimum atomic E-state index is 0.232. The highest BCUT2D eigenvalue weighted by Gasteiger charge is 2.16. The second-order valence-electron chi connectivity index (χ2n) is 3.95. The maximum absolute atomic E-state index is 9.19. The number of ether oxygens (including phenoxy) is 1. The molecule has 2 nitrogen and oxygen atoms in total. The highest BCUT2D eigenvalue weighted by molar-refractivity contribution is 5.31. The minimum Gasteiger partial charge on any atom is -0.497 e. The van der Waals surface area contributed by atoms with Gasteiger partial charge in [-0.3, -0.25) is 0 Å². The van der Waals surface area contributed by atoms with Crippen molar-refractivity contribution in [2.24, 2.45) is 5.92 Å². The lowest BCUT2D eigenvalue weighted by Crippen LogP contribution is -2.12. The lowest BCUT2D eigenvalue weighted by atomic mass is 9.85. The summed E-state index contributed by atoms with van der Waals surface area (Å²) in [5, 5.41) is 9.19. The highest BCUT2D eigenvalue weighted by atomic mass is 16.5. The number of rotatable bonds is 5. The molecule has 0 aliphatic carbocycles. The van der Waals surface area contributed by atoms with Gasteiger partial charge in [0, 0.05) is 6.61 Å². The molecule has 0 aliphatic heterocycles. The summed E-state index contributed by atoms with van der Waals surface area (Å²) < 4.78 is 5.20. The molecule has 2 heteroatoms. The zero-order valence-electron chi connectivity index (χ0n) is 9.73. The minimum absolute atomic E-state index is 0.232. The fraction of sp³-hybridized carbons (Fsp3) is 0.538. The van der Waals surface area contributed by atoms with Crippen LogP contribution in [-0.4, -0.2) is 18.8 Å². The van der Waals surface area contributed by atoms with Gasteiger partial charge < -0.3 is 9.84 Å². The molecule has 2 atom stereocenters. The van der Waals surface area contributed by atoms with Crippen molar-refractivity contribution in [1.82, 2.24) is 0 Å². The van der Waals surface area contributed by atoms with Crippen molar-refractivity contribution in [2.75, 3.05) is 13.7 Å². The number of methoxy groups -OCH3 is 1. The predicted molar refractivity (Wildman–Crippen MR) is 62.3 cm³/mol. The predicted octanol–water partition coefficient (Wildman–Crippen LogP) is 2.82. The van der Waals surface area contributed by atoms with Crippen molar-refractivity contribution in [3.8, 4) is 5.75 Å². The van der Waals surface area contributed by atoms with Crippen LogP contribution in [0.3, 0.4) is 0 Å². The standard InChI is InChI=1S/C13H20O2/c1-4-13(10(2)9-14)11-6-5-7-12(8-11)15-3/h5-8,10,13-14H,4,9H2,1-3H3. The first-order chi connectivity index (χ1) is 7.22. The van der Waals surface area contributed by atoms with Gasteiger partial charge in [0.25, 0.3) is 0 Å². The smallest absolute Gasteiger partial charge is 0.119 e. The quantitative estimate of drug-likeness (QED) is 0.806. The number of hydrogen-bond donors (Lipinski definition) is 1. The fourth-order valence-electron chi connectivity index (χ4n) is 1.97. The van der Waals surface area contributed by atoms with Gasteiger partial charge in [0.05, 0.1) is 7.11 Å². The molecule has 0 fully saturated rings. The maximum Gasteiger partial charge on any atom is 0.119 e.